The van der Waals surface area contributed by atoms with Crippen LogP contribution in [0.15, 0.2) is 66.7 Å². The molecule has 0 spiro atoms. The maximum absolute atomic E-state index is 13.1. The Morgan fingerprint density at radius 2 is 1.58 bits per heavy atom. The molecule has 1 aromatic heterocycles. The van der Waals surface area contributed by atoms with E-state index in [1.807, 2.05) is 0 Å². The Bertz CT molecular complexity index is 1450. The highest BCUT2D eigenvalue weighted by Crippen LogP contribution is 2.23. The van der Waals surface area contributed by atoms with Crippen molar-refractivity contribution in [1.29, 1.82) is 0 Å². The lowest BCUT2D eigenvalue weighted by atomic mass is 10.1. The van der Waals surface area contributed by atoms with E-state index in [1.54, 1.807) is 56.3 Å². The van der Waals surface area contributed by atoms with Crippen LogP contribution in [-0.2, 0) is 11.3 Å². The van der Waals surface area contributed by atoms with Gasteiger partial charge in [0, 0.05) is 34.7 Å². The van der Waals surface area contributed by atoms with Crippen LogP contribution in [0.5, 0.6) is 0 Å². The number of nitrogens with one attached hydrogen (secondary N) is 4. The number of halogens is 2. The van der Waals surface area contributed by atoms with E-state index in [9.17, 15) is 18.8 Å². The average Bonchev–Trinajstić information content (AvgIpc) is 3.28. The summed E-state index contributed by atoms with van der Waals surface area (Å²) in [5.41, 5.74) is 2.96. The lowest BCUT2D eigenvalue weighted by Gasteiger charge is -2.11. The number of amides is 3. The number of aromatic amines is 1. The average molecular weight is 507 g/mol. The number of rotatable bonds is 7. The minimum Gasteiger partial charge on any atom is -0.352 e. The third-order valence-corrected chi connectivity index (χ3v) is 5.82. The van der Waals surface area contributed by atoms with Crippen LogP contribution in [0, 0.1) is 11.7 Å². The Balaban J connectivity index is 1.47. The number of anilines is 2. The van der Waals surface area contributed by atoms with Gasteiger partial charge in [-0.1, -0.05) is 37.6 Å². The zero-order valence-electron chi connectivity index (χ0n) is 19.6. The molecule has 3 aromatic carbocycles. The summed E-state index contributed by atoms with van der Waals surface area (Å²) < 4.78 is 13.1. The summed E-state index contributed by atoms with van der Waals surface area (Å²) in [5.74, 6) is -1.40. The van der Waals surface area contributed by atoms with Crippen molar-refractivity contribution in [3.05, 3.63) is 94.4 Å². The van der Waals surface area contributed by atoms with E-state index in [4.69, 9.17) is 11.6 Å². The Kier molecular flexibility index (Phi) is 7.36. The van der Waals surface area contributed by atoms with Crippen molar-refractivity contribution in [2.75, 3.05) is 10.6 Å². The molecule has 3 amide bonds. The number of carbonyl (C=O) groups excluding carboxylic acids is 3. The molecule has 7 nitrogen and oxygen atoms in total. The number of carbonyl (C=O) groups is 3. The first-order valence-corrected chi connectivity index (χ1v) is 11.6. The minimum absolute atomic E-state index is 0.0825. The standard InChI is InChI=1S/C27H24ClFN4O3/c1-15(2)25(34)30-14-16-3-10-22(28)21(11-16)26(35)32-20-7-4-17-12-24(33-23(17)13-20)27(36)31-19-8-5-18(29)6-9-19/h3-13,15,33H,14H2,1-2H3,(H,30,34)(H,31,36)(H,32,35). The van der Waals surface area contributed by atoms with Crippen LogP contribution < -0.4 is 16.0 Å². The second-order valence-corrected chi connectivity index (χ2v) is 8.99. The molecular weight excluding hydrogens is 483 g/mol. The summed E-state index contributed by atoms with van der Waals surface area (Å²) in [5, 5.41) is 9.40. The van der Waals surface area contributed by atoms with Crippen molar-refractivity contribution >= 4 is 51.6 Å². The van der Waals surface area contributed by atoms with Crippen molar-refractivity contribution in [3.8, 4) is 0 Å². The molecule has 0 saturated heterocycles. The van der Waals surface area contributed by atoms with Gasteiger partial charge < -0.3 is 20.9 Å². The van der Waals surface area contributed by atoms with Gasteiger partial charge in [0.25, 0.3) is 11.8 Å². The summed E-state index contributed by atoms with van der Waals surface area (Å²) >= 11 is 6.26. The second-order valence-electron chi connectivity index (χ2n) is 8.59. The minimum atomic E-state index is -0.405. The van der Waals surface area contributed by atoms with Gasteiger partial charge in [0.2, 0.25) is 5.91 Å². The number of hydrogen-bond acceptors (Lipinski definition) is 3. The number of aromatic nitrogens is 1. The number of H-pyrrole nitrogens is 1. The second kappa shape index (κ2) is 10.6. The Hall–Kier alpha value is -4.17. The van der Waals surface area contributed by atoms with E-state index in [-0.39, 0.29) is 40.7 Å². The molecule has 184 valence electrons. The Morgan fingerprint density at radius 3 is 2.31 bits per heavy atom. The monoisotopic (exact) mass is 506 g/mol. The van der Waals surface area contributed by atoms with Crippen molar-refractivity contribution in [2.24, 2.45) is 5.92 Å². The Labute approximate surface area is 212 Å². The molecule has 4 rings (SSSR count). The summed E-state index contributed by atoms with van der Waals surface area (Å²) in [6.07, 6.45) is 0. The van der Waals surface area contributed by atoms with Crippen molar-refractivity contribution in [1.82, 2.24) is 10.3 Å². The molecule has 9 heteroatoms. The molecule has 36 heavy (non-hydrogen) atoms. The highest BCUT2D eigenvalue weighted by Gasteiger charge is 2.15. The van der Waals surface area contributed by atoms with Gasteiger partial charge in [0.15, 0.2) is 0 Å². The lowest BCUT2D eigenvalue weighted by Crippen LogP contribution is -2.27. The first-order chi connectivity index (χ1) is 17.2. The van der Waals surface area contributed by atoms with Crippen LogP contribution in [0.2, 0.25) is 5.02 Å². The van der Waals surface area contributed by atoms with E-state index < -0.39 is 5.91 Å². The van der Waals surface area contributed by atoms with E-state index >= 15 is 0 Å². The molecular formula is C27H24ClFN4O3. The van der Waals surface area contributed by atoms with Crippen LogP contribution in [-0.4, -0.2) is 22.7 Å². The van der Waals surface area contributed by atoms with Gasteiger partial charge in [-0.15, -0.1) is 0 Å². The largest absolute Gasteiger partial charge is 0.352 e. The summed E-state index contributed by atoms with van der Waals surface area (Å²) in [6, 6.07) is 17.4. The maximum Gasteiger partial charge on any atom is 0.272 e. The lowest BCUT2D eigenvalue weighted by molar-refractivity contribution is -0.124. The van der Waals surface area contributed by atoms with E-state index in [0.717, 1.165) is 10.9 Å². The van der Waals surface area contributed by atoms with Crippen LogP contribution in [0.25, 0.3) is 10.9 Å². The first-order valence-electron chi connectivity index (χ1n) is 11.3. The smallest absolute Gasteiger partial charge is 0.272 e. The summed E-state index contributed by atoms with van der Waals surface area (Å²) in [6.45, 7) is 3.89. The molecule has 0 aliphatic rings. The molecule has 1 heterocycles. The molecule has 0 aliphatic heterocycles. The molecule has 0 bridgehead atoms. The number of benzene rings is 3. The van der Waals surface area contributed by atoms with Crippen LogP contribution in [0.1, 0.15) is 40.3 Å². The van der Waals surface area contributed by atoms with Crippen molar-refractivity contribution in [3.63, 3.8) is 0 Å². The van der Waals surface area contributed by atoms with Gasteiger partial charge in [-0.2, -0.15) is 0 Å². The first kappa shape index (κ1) is 24.9. The SMILES string of the molecule is CC(C)C(=O)NCc1ccc(Cl)c(C(=O)Nc2ccc3cc(C(=O)Nc4ccc(F)cc4)[nH]c3c2)c1. The quantitative estimate of drug-likeness (QED) is 0.257. The molecule has 4 N–H and O–H groups in total. The fourth-order valence-corrected chi connectivity index (χ4v) is 3.71. The molecule has 0 aliphatic carbocycles. The van der Waals surface area contributed by atoms with Gasteiger partial charge in [0.1, 0.15) is 11.5 Å². The predicted octanol–water partition coefficient (Wildman–Crippen LogP) is 5.74. The predicted molar refractivity (Wildman–Crippen MR) is 139 cm³/mol. The van der Waals surface area contributed by atoms with Crippen molar-refractivity contribution in [2.45, 2.75) is 20.4 Å². The normalized spacial score (nSPS) is 10.9. The van der Waals surface area contributed by atoms with Crippen LogP contribution >= 0.6 is 11.6 Å². The highest BCUT2D eigenvalue weighted by molar-refractivity contribution is 6.34. The molecule has 0 unspecified atom stereocenters. The van der Waals surface area contributed by atoms with Gasteiger partial charge in [-0.3, -0.25) is 14.4 Å². The third-order valence-electron chi connectivity index (χ3n) is 5.49. The third kappa shape index (κ3) is 5.90. The van der Waals surface area contributed by atoms with Gasteiger partial charge >= 0.3 is 0 Å². The molecule has 0 fully saturated rings. The molecule has 0 atom stereocenters. The molecule has 0 saturated carbocycles. The zero-order valence-corrected chi connectivity index (χ0v) is 20.4. The van der Waals surface area contributed by atoms with Crippen molar-refractivity contribution < 1.29 is 18.8 Å². The summed E-state index contributed by atoms with van der Waals surface area (Å²) in [4.78, 5) is 40.4. The molecule has 4 aromatic rings. The topological polar surface area (TPSA) is 103 Å². The zero-order chi connectivity index (χ0) is 25.8. The van der Waals surface area contributed by atoms with Gasteiger partial charge in [-0.05, 0) is 60.2 Å². The van der Waals surface area contributed by atoms with Gasteiger partial charge in [-0.25, -0.2) is 4.39 Å². The number of hydrogen-bond donors (Lipinski definition) is 4. The highest BCUT2D eigenvalue weighted by atomic mass is 35.5. The van der Waals surface area contributed by atoms with E-state index in [2.05, 4.69) is 20.9 Å². The Morgan fingerprint density at radius 1 is 0.889 bits per heavy atom. The summed E-state index contributed by atoms with van der Waals surface area (Å²) in [7, 11) is 0. The van der Waals surface area contributed by atoms with E-state index in [1.165, 1.54) is 24.3 Å². The van der Waals surface area contributed by atoms with Crippen LogP contribution in [0.3, 0.4) is 0 Å². The fraction of sp³-hybridized carbons (Fsp3) is 0.148. The van der Waals surface area contributed by atoms with Gasteiger partial charge in [0.05, 0.1) is 10.6 Å². The van der Waals surface area contributed by atoms with E-state index in [0.29, 0.717) is 22.6 Å². The maximum atomic E-state index is 13.1. The molecule has 0 radical (unpaired) electrons. The number of fused-ring (bicyclic) bond motifs is 1. The fourth-order valence-electron chi connectivity index (χ4n) is 3.51. The van der Waals surface area contributed by atoms with Crippen LogP contribution in [0.4, 0.5) is 15.8 Å².